The molecule has 0 aromatic heterocycles. The van der Waals surface area contributed by atoms with E-state index in [1.54, 1.807) is 0 Å². The first-order valence-electron chi connectivity index (χ1n) is 8.56. The quantitative estimate of drug-likeness (QED) is 0.733. The molecule has 22 heavy (non-hydrogen) atoms. The molecule has 1 unspecified atom stereocenters. The van der Waals surface area contributed by atoms with Crippen LogP contribution in [0.1, 0.15) is 43.2 Å². The summed E-state index contributed by atoms with van der Waals surface area (Å²) in [4.78, 5) is 2.71. The summed E-state index contributed by atoms with van der Waals surface area (Å²) < 4.78 is 2.15. The lowest BCUT2D eigenvalue weighted by molar-refractivity contribution is -0.00518. The molecule has 0 spiro atoms. The Kier molecular flexibility index (Phi) is 3.97. The number of hydrogen-bond donors (Lipinski definition) is 1. The summed E-state index contributed by atoms with van der Waals surface area (Å²) in [6.07, 6.45) is 10.1. The maximum absolute atomic E-state index is 10.0. The Morgan fingerprint density at radius 2 is 2.23 bits per heavy atom. The number of phenolic OH excluding ortho intramolecular Hbond substituents is 1. The molecule has 0 radical (unpaired) electrons. The number of nitrogens with zero attached hydrogens (tertiary/aromatic N) is 1. The van der Waals surface area contributed by atoms with Crippen LogP contribution in [0.3, 0.4) is 0 Å². The van der Waals surface area contributed by atoms with Crippen LogP contribution in [0.5, 0.6) is 5.75 Å². The SMILES string of the molecule is Oc1ccc2c(c1)C13CCCC[C@H]1[C@@H](C2)N(C/C=C/I)CC3. The molecule has 4 rings (SSSR count). The number of piperidine rings is 1. The predicted molar refractivity (Wildman–Crippen MR) is 98.6 cm³/mol. The molecular formula is C19H24INO. The topological polar surface area (TPSA) is 23.5 Å². The number of rotatable bonds is 2. The van der Waals surface area contributed by atoms with E-state index in [-0.39, 0.29) is 0 Å². The van der Waals surface area contributed by atoms with Gasteiger partial charge in [-0.1, -0.05) is 47.6 Å². The second-order valence-electron chi connectivity index (χ2n) is 7.23. The lowest BCUT2D eigenvalue weighted by Crippen LogP contribution is -2.60. The van der Waals surface area contributed by atoms with Crippen LogP contribution >= 0.6 is 22.6 Å². The van der Waals surface area contributed by atoms with Gasteiger partial charge in [-0.05, 0) is 65.5 Å². The van der Waals surface area contributed by atoms with Crippen molar-refractivity contribution in [2.45, 2.75) is 50.0 Å². The summed E-state index contributed by atoms with van der Waals surface area (Å²) in [5, 5.41) is 10.0. The molecule has 1 heterocycles. The van der Waals surface area contributed by atoms with Crippen LogP contribution in [0, 0.1) is 5.92 Å². The highest BCUT2D eigenvalue weighted by Crippen LogP contribution is 2.56. The van der Waals surface area contributed by atoms with Crippen molar-refractivity contribution in [2.75, 3.05) is 13.1 Å². The molecule has 1 aliphatic heterocycles. The van der Waals surface area contributed by atoms with Gasteiger partial charge in [-0.15, -0.1) is 0 Å². The minimum absolute atomic E-state index is 0.347. The van der Waals surface area contributed by atoms with Gasteiger partial charge in [0.2, 0.25) is 0 Å². The van der Waals surface area contributed by atoms with Crippen LogP contribution in [-0.4, -0.2) is 29.1 Å². The van der Waals surface area contributed by atoms with Crippen LogP contribution in [0.4, 0.5) is 0 Å². The van der Waals surface area contributed by atoms with Gasteiger partial charge >= 0.3 is 0 Å². The van der Waals surface area contributed by atoms with E-state index in [4.69, 9.17) is 0 Å². The third kappa shape index (κ3) is 2.23. The number of fused-ring (bicyclic) bond motifs is 1. The maximum atomic E-state index is 10.0. The van der Waals surface area contributed by atoms with Crippen molar-refractivity contribution < 1.29 is 5.11 Å². The van der Waals surface area contributed by atoms with E-state index >= 15 is 0 Å². The van der Waals surface area contributed by atoms with Crippen LogP contribution in [0.15, 0.2) is 28.4 Å². The molecule has 2 bridgehead atoms. The first-order chi connectivity index (χ1) is 10.7. The summed E-state index contributed by atoms with van der Waals surface area (Å²) in [6, 6.07) is 6.84. The van der Waals surface area contributed by atoms with Gasteiger partial charge in [0.05, 0.1) is 0 Å². The molecule has 3 atom stereocenters. The molecule has 3 aliphatic rings. The summed E-state index contributed by atoms with van der Waals surface area (Å²) in [7, 11) is 0. The second kappa shape index (κ2) is 5.82. The van der Waals surface area contributed by atoms with Gasteiger partial charge in [-0.25, -0.2) is 0 Å². The van der Waals surface area contributed by atoms with E-state index in [0.29, 0.717) is 17.2 Å². The number of likely N-dealkylation sites (tertiary alicyclic amines) is 1. The Bertz CT molecular complexity index is 599. The van der Waals surface area contributed by atoms with Crippen molar-refractivity contribution >= 4 is 22.6 Å². The Balaban J connectivity index is 1.78. The number of halogens is 1. The van der Waals surface area contributed by atoms with E-state index in [2.05, 4.69) is 49.8 Å². The van der Waals surface area contributed by atoms with Crippen molar-refractivity contribution in [3.8, 4) is 5.75 Å². The number of hydrogen-bond acceptors (Lipinski definition) is 2. The van der Waals surface area contributed by atoms with Crippen LogP contribution < -0.4 is 0 Å². The lowest BCUT2D eigenvalue weighted by atomic mass is 9.52. The monoisotopic (exact) mass is 409 g/mol. The standard InChI is InChI=1S/C19H24INO/c20-9-3-10-21-11-8-19-7-2-1-4-16(19)18(21)12-14-5-6-15(22)13-17(14)19/h3,5-6,9,13,16,18,22H,1-2,4,7-8,10-12H2/b9-3+/t16-,18+,19?/m0/s1. The van der Waals surface area contributed by atoms with Gasteiger partial charge in [0.15, 0.2) is 0 Å². The summed E-state index contributed by atoms with van der Waals surface area (Å²) in [5.41, 5.74) is 3.32. The van der Waals surface area contributed by atoms with E-state index < -0.39 is 0 Å². The zero-order chi connectivity index (χ0) is 15.2. The van der Waals surface area contributed by atoms with Gasteiger partial charge in [0, 0.05) is 18.0 Å². The molecule has 118 valence electrons. The van der Waals surface area contributed by atoms with Gasteiger partial charge in [0.25, 0.3) is 0 Å². The molecule has 2 fully saturated rings. The third-order valence-electron chi connectivity index (χ3n) is 6.36. The first-order valence-corrected chi connectivity index (χ1v) is 9.81. The molecule has 3 heteroatoms. The average Bonchev–Trinajstić information content (AvgIpc) is 2.55. The van der Waals surface area contributed by atoms with Crippen molar-refractivity contribution in [1.29, 1.82) is 0 Å². The fourth-order valence-corrected chi connectivity index (χ4v) is 5.70. The molecule has 1 saturated heterocycles. The highest BCUT2D eigenvalue weighted by molar-refractivity contribution is 14.1. The average molecular weight is 409 g/mol. The Morgan fingerprint density at radius 3 is 3.09 bits per heavy atom. The summed E-state index contributed by atoms with van der Waals surface area (Å²) >= 11 is 2.33. The third-order valence-corrected chi connectivity index (χ3v) is 6.87. The summed E-state index contributed by atoms with van der Waals surface area (Å²) in [5.74, 6) is 1.23. The fraction of sp³-hybridized carbons (Fsp3) is 0.579. The highest BCUT2D eigenvalue weighted by Gasteiger charge is 2.53. The van der Waals surface area contributed by atoms with Crippen molar-refractivity contribution in [3.63, 3.8) is 0 Å². The molecule has 2 aliphatic carbocycles. The first kappa shape index (κ1) is 15.0. The zero-order valence-electron chi connectivity index (χ0n) is 13.0. The van der Waals surface area contributed by atoms with Crippen molar-refractivity contribution in [3.05, 3.63) is 39.5 Å². The van der Waals surface area contributed by atoms with Gasteiger partial charge in [-0.3, -0.25) is 4.90 Å². The normalized spacial score (nSPS) is 34.4. The van der Waals surface area contributed by atoms with Gasteiger partial charge in [-0.2, -0.15) is 0 Å². The molecule has 1 N–H and O–H groups in total. The smallest absolute Gasteiger partial charge is 0.115 e. The predicted octanol–water partition coefficient (Wildman–Crippen LogP) is 4.40. The number of benzene rings is 1. The highest BCUT2D eigenvalue weighted by atomic mass is 127. The molecular weight excluding hydrogens is 385 g/mol. The Labute approximate surface area is 146 Å². The Hall–Kier alpha value is -0.550. The van der Waals surface area contributed by atoms with Crippen molar-refractivity contribution in [1.82, 2.24) is 4.90 Å². The minimum Gasteiger partial charge on any atom is -0.508 e. The Morgan fingerprint density at radius 1 is 1.32 bits per heavy atom. The van der Waals surface area contributed by atoms with Gasteiger partial charge < -0.3 is 5.11 Å². The maximum Gasteiger partial charge on any atom is 0.115 e. The molecule has 0 amide bonds. The van der Waals surface area contributed by atoms with E-state index in [0.717, 1.165) is 18.9 Å². The van der Waals surface area contributed by atoms with E-state index in [9.17, 15) is 5.11 Å². The molecule has 1 aromatic carbocycles. The molecule has 1 aromatic rings. The number of aromatic hydroxyl groups is 1. The lowest BCUT2D eigenvalue weighted by Gasteiger charge is -2.59. The molecule has 1 saturated carbocycles. The largest absolute Gasteiger partial charge is 0.508 e. The van der Waals surface area contributed by atoms with Crippen LogP contribution in [0.25, 0.3) is 0 Å². The second-order valence-corrected chi connectivity index (χ2v) is 7.95. The number of phenols is 1. The molecule has 2 nitrogen and oxygen atoms in total. The minimum atomic E-state index is 0.347. The van der Waals surface area contributed by atoms with Crippen molar-refractivity contribution in [2.24, 2.45) is 5.92 Å². The van der Waals surface area contributed by atoms with E-state index in [1.165, 1.54) is 49.8 Å². The summed E-state index contributed by atoms with van der Waals surface area (Å²) in [6.45, 7) is 2.30. The zero-order valence-corrected chi connectivity index (χ0v) is 15.1. The fourth-order valence-electron chi connectivity index (χ4n) is 5.47. The van der Waals surface area contributed by atoms with Crippen LogP contribution in [-0.2, 0) is 11.8 Å². The van der Waals surface area contributed by atoms with Gasteiger partial charge in [0.1, 0.15) is 5.75 Å². The van der Waals surface area contributed by atoms with E-state index in [1.807, 2.05) is 6.07 Å². The van der Waals surface area contributed by atoms with Crippen LogP contribution in [0.2, 0.25) is 0 Å².